The molecule has 9 heteroatoms. The molecule has 0 bridgehead atoms. The number of aliphatic hydroxyl groups excluding tert-OH is 1. The van der Waals surface area contributed by atoms with E-state index in [0.29, 0.717) is 23.9 Å². The number of hydrogen-bond acceptors (Lipinski definition) is 6. The summed E-state index contributed by atoms with van der Waals surface area (Å²) >= 11 is 0. The average molecular weight is 1220 g/mol. The Kier molecular flexibility index (Phi) is 67.0. The third-order valence-electron chi connectivity index (χ3n) is 18.3. The van der Waals surface area contributed by atoms with E-state index < -0.39 is 20.0 Å². The lowest BCUT2D eigenvalue weighted by Gasteiger charge is -2.30. The van der Waals surface area contributed by atoms with Crippen LogP contribution in [0.2, 0.25) is 0 Å². The molecule has 85 heavy (non-hydrogen) atoms. The Morgan fingerprint density at radius 3 is 0.918 bits per heavy atom. The smallest absolute Gasteiger partial charge is 0.268 e. The predicted molar refractivity (Wildman–Crippen MR) is 372 cm³/mol. The minimum atomic E-state index is -4.58. The minimum absolute atomic E-state index is 0.0164. The molecule has 8 nitrogen and oxygen atoms in total. The number of amides is 1. The van der Waals surface area contributed by atoms with Gasteiger partial charge in [0.25, 0.3) is 7.82 Å². The first-order chi connectivity index (χ1) is 41.5. The molecular formula is C76H153N2O6P. The van der Waals surface area contributed by atoms with Crippen molar-refractivity contribution in [3.63, 3.8) is 0 Å². The van der Waals surface area contributed by atoms with E-state index in [2.05, 4.69) is 31.3 Å². The fourth-order valence-corrected chi connectivity index (χ4v) is 13.0. The van der Waals surface area contributed by atoms with E-state index in [1.165, 1.54) is 353 Å². The van der Waals surface area contributed by atoms with E-state index >= 15 is 0 Å². The van der Waals surface area contributed by atoms with Crippen LogP contribution in [0.4, 0.5) is 0 Å². The van der Waals surface area contributed by atoms with Gasteiger partial charge in [-0.05, 0) is 38.5 Å². The SMILES string of the molecule is CCCCCCCCCC/C=C\CCCCCCCCCCCCCCCCCCCCCCCCCCCCCC(=O)NC(COP(=O)([O-])OCC[N+](C)(C)C)C(O)CCCCCCCCCCCCCCCCCCCCCCCCCC. The zero-order valence-electron chi connectivity index (χ0n) is 58.4. The number of carbonyl (C=O) groups excluding carboxylic acids is 1. The molecule has 508 valence electrons. The van der Waals surface area contributed by atoms with Crippen LogP contribution in [0.5, 0.6) is 0 Å². The van der Waals surface area contributed by atoms with Crippen molar-refractivity contribution < 1.29 is 32.9 Å². The Hall–Kier alpha value is -0.760. The van der Waals surface area contributed by atoms with Crippen molar-refractivity contribution in [2.75, 3.05) is 40.9 Å². The van der Waals surface area contributed by atoms with Gasteiger partial charge in [-0.2, -0.15) is 0 Å². The number of allylic oxidation sites excluding steroid dienone is 2. The van der Waals surface area contributed by atoms with E-state index in [1.54, 1.807) is 0 Å². The highest BCUT2D eigenvalue weighted by Gasteiger charge is 2.24. The highest BCUT2D eigenvalue weighted by molar-refractivity contribution is 7.45. The number of nitrogens with one attached hydrogen (secondary N) is 1. The lowest BCUT2D eigenvalue weighted by molar-refractivity contribution is -0.870. The summed E-state index contributed by atoms with van der Waals surface area (Å²) < 4.78 is 23.6. The Balaban J connectivity index is 3.88. The van der Waals surface area contributed by atoms with Crippen molar-refractivity contribution in [1.82, 2.24) is 5.32 Å². The largest absolute Gasteiger partial charge is 0.756 e. The highest BCUT2D eigenvalue weighted by atomic mass is 31.2. The summed E-state index contributed by atoms with van der Waals surface area (Å²) in [6.45, 7) is 4.80. The van der Waals surface area contributed by atoms with E-state index in [9.17, 15) is 19.4 Å². The fourth-order valence-electron chi connectivity index (χ4n) is 12.3. The Morgan fingerprint density at radius 1 is 0.400 bits per heavy atom. The third-order valence-corrected chi connectivity index (χ3v) is 19.2. The van der Waals surface area contributed by atoms with Crippen molar-refractivity contribution in [2.45, 2.75) is 431 Å². The van der Waals surface area contributed by atoms with Crippen LogP contribution in [0, 0.1) is 0 Å². The molecule has 3 atom stereocenters. The second kappa shape index (κ2) is 67.6. The number of rotatable bonds is 73. The molecule has 2 N–H and O–H groups in total. The maximum Gasteiger partial charge on any atom is 0.268 e. The van der Waals surface area contributed by atoms with Crippen molar-refractivity contribution in [3.8, 4) is 0 Å². The molecule has 3 unspecified atom stereocenters. The first kappa shape index (κ1) is 84.2. The van der Waals surface area contributed by atoms with Gasteiger partial charge >= 0.3 is 0 Å². The summed E-state index contributed by atoms with van der Waals surface area (Å²) in [6, 6.07) is -0.798. The molecule has 0 aromatic heterocycles. The maximum atomic E-state index is 13.1. The summed E-state index contributed by atoms with van der Waals surface area (Å²) in [6.07, 6.45) is 87.6. The summed E-state index contributed by atoms with van der Waals surface area (Å²) in [5, 5.41) is 14.1. The molecule has 0 aliphatic carbocycles. The van der Waals surface area contributed by atoms with Crippen LogP contribution < -0.4 is 10.2 Å². The molecule has 1 amide bonds. The second-order valence-electron chi connectivity index (χ2n) is 28.1. The third kappa shape index (κ3) is 70.6. The molecule has 0 saturated heterocycles. The summed E-state index contributed by atoms with van der Waals surface area (Å²) in [4.78, 5) is 25.7. The normalized spacial score (nSPS) is 13.5. The Labute approximate surface area is 532 Å². The lowest BCUT2D eigenvalue weighted by atomic mass is 10.0. The average Bonchev–Trinajstić information content (AvgIpc) is 3.49. The molecule has 0 aromatic rings. The van der Waals surface area contributed by atoms with E-state index in [1.807, 2.05) is 21.1 Å². The molecule has 0 spiro atoms. The number of quaternary nitrogens is 1. The number of nitrogens with zero attached hydrogens (tertiary/aromatic N) is 1. The molecule has 0 aliphatic heterocycles. The van der Waals surface area contributed by atoms with Gasteiger partial charge in [0, 0.05) is 6.42 Å². The molecule has 0 saturated carbocycles. The van der Waals surface area contributed by atoms with Crippen LogP contribution in [0.1, 0.15) is 418 Å². The monoisotopic (exact) mass is 1220 g/mol. The molecule has 0 rings (SSSR count). The number of phosphoric ester groups is 1. The predicted octanol–water partition coefficient (Wildman–Crippen LogP) is 24.2. The van der Waals surface area contributed by atoms with Crippen molar-refractivity contribution in [3.05, 3.63) is 12.2 Å². The number of unbranched alkanes of at least 4 members (excludes halogenated alkanes) is 58. The molecular weight excluding hydrogens is 1070 g/mol. The van der Waals surface area contributed by atoms with Gasteiger partial charge in [0.2, 0.25) is 5.91 Å². The molecule has 0 aliphatic rings. The zero-order valence-corrected chi connectivity index (χ0v) is 59.3. The van der Waals surface area contributed by atoms with Crippen LogP contribution in [0.15, 0.2) is 12.2 Å². The Morgan fingerprint density at radius 2 is 0.647 bits per heavy atom. The van der Waals surface area contributed by atoms with Crippen LogP contribution in [-0.2, 0) is 18.4 Å². The molecule has 0 aromatic carbocycles. The van der Waals surface area contributed by atoms with Crippen LogP contribution in [-0.4, -0.2) is 68.5 Å². The first-order valence-corrected chi connectivity index (χ1v) is 40.0. The molecule has 0 heterocycles. The van der Waals surface area contributed by atoms with Crippen molar-refractivity contribution >= 4 is 13.7 Å². The van der Waals surface area contributed by atoms with Gasteiger partial charge in [0.1, 0.15) is 13.2 Å². The summed E-state index contributed by atoms with van der Waals surface area (Å²) in [5.41, 5.74) is 0. The first-order valence-electron chi connectivity index (χ1n) is 38.5. The summed E-state index contributed by atoms with van der Waals surface area (Å²) in [7, 11) is 1.33. The number of hydrogen-bond donors (Lipinski definition) is 2. The van der Waals surface area contributed by atoms with Gasteiger partial charge in [-0.3, -0.25) is 9.36 Å². The van der Waals surface area contributed by atoms with Gasteiger partial charge < -0.3 is 28.8 Å². The van der Waals surface area contributed by atoms with Crippen LogP contribution >= 0.6 is 7.82 Å². The standard InChI is InChI=1S/C76H153N2O6P/c1-6-8-10-12-14-16-18-20-22-24-26-28-30-32-33-34-35-36-37-38-39-40-41-42-43-44-45-46-48-50-52-54-56-58-60-62-64-66-68-70-76(80)77-74(73-84-85(81,82)83-72-71-78(3,4)5)75(79)69-67-65-63-61-59-57-55-53-51-49-47-31-29-27-25-23-21-19-17-15-13-11-9-7-2/h24,26,74-75,79H,6-23,25,27-73H2,1-5H3,(H-,77,80,81,82)/b26-24-. The quantitative estimate of drug-likeness (QED) is 0.0272. The van der Waals surface area contributed by atoms with Crippen LogP contribution in [0.3, 0.4) is 0 Å². The number of likely N-dealkylation sites (N-methyl/N-ethyl adjacent to an activating group) is 1. The van der Waals surface area contributed by atoms with Crippen molar-refractivity contribution in [1.29, 1.82) is 0 Å². The minimum Gasteiger partial charge on any atom is -0.756 e. The van der Waals surface area contributed by atoms with E-state index in [0.717, 1.165) is 38.5 Å². The topological polar surface area (TPSA) is 108 Å². The second-order valence-corrected chi connectivity index (χ2v) is 29.5. The van der Waals surface area contributed by atoms with Gasteiger partial charge in [-0.25, -0.2) is 0 Å². The number of phosphoric acid groups is 1. The summed E-state index contributed by atoms with van der Waals surface area (Å²) in [5.74, 6) is -0.153. The maximum absolute atomic E-state index is 13.1. The molecule has 0 radical (unpaired) electrons. The van der Waals surface area contributed by atoms with Gasteiger partial charge in [-0.15, -0.1) is 0 Å². The van der Waals surface area contributed by atoms with Crippen LogP contribution in [0.25, 0.3) is 0 Å². The number of aliphatic hydroxyl groups is 1. The number of carbonyl (C=O) groups is 1. The zero-order chi connectivity index (χ0) is 61.9. The lowest BCUT2D eigenvalue weighted by Crippen LogP contribution is -2.46. The van der Waals surface area contributed by atoms with Gasteiger partial charge in [0.05, 0.1) is 39.9 Å². The van der Waals surface area contributed by atoms with E-state index in [-0.39, 0.29) is 19.1 Å². The molecule has 0 fully saturated rings. The fraction of sp³-hybridized carbons (Fsp3) is 0.961. The van der Waals surface area contributed by atoms with Crippen molar-refractivity contribution in [2.24, 2.45) is 0 Å². The highest BCUT2D eigenvalue weighted by Crippen LogP contribution is 2.38. The van der Waals surface area contributed by atoms with Gasteiger partial charge in [-0.1, -0.05) is 386 Å². The van der Waals surface area contributed by atoms with Gasteiger partial charge in [0.15, 0.2) is 0 Å². The Bertz CT molecular complexity index is 1390. The van der Waals surface area contributed by atoms with E-state index in [4.69, 9.17) is 9.05 Å².